The largest absolute Gasteiger partial charge is 0.507 e. The van der Waals surface area contributed by atoms with Crippen molar-refractivity contribution in [2.24, 2.45) is 0 Å². The third kappa shape index (κ3) is 4.44. The normalized spacial score (nSPS) is 11.0. The van der Waals surface area contributed by atoms with Gasteiger partial charge in [0.15, 0.2) is 5.43 Å². The Kier molecular flexibility index (Phi) is 6.79. The number of rotatable bonds is 5. The summed E-state index contributed by atoms with van der Waals surface area (Å²) in [5, 5.41) is 22.0. The fraction of sp³-hybridized carbons (Fsp3) is 0.269. The molecule has 1 heterocycles. The summed E-state index contributed by atoms with van der Waals surface area (Å²) in [5.41, 5.74) is 2.90. The molecule has 0 radical (unpaired) electrons. The van der Waals surface area contributed by atoms with Crippen molar-refractivity contribution in [2.45, 2.75) is 47.5 Å². The van der Waals surface area contributed by atoms with Crippen LogP contribution in [0, 0.1) is 12.7 Å². The van der Waals surface area contributed by atoms with Crippen molar-refractivity contribution in [1.82, 2.24) is 0 Å². The number of hydrogen-bond donors (Lipinski definition) is 2. The van der Waals surface area contributed by atoms with Crippen molar-refractivity contribution in [3.05, 3.63) is 79.3 Å². The van der Waals surface area contributed by atoms with Gasteiger partial charge in [-0.25, -0.2) is 4.39 Å². The van der Waals surface area contributed by atoms with Crippen molar-refractivity contribution in [2.75, 3.05) is 0 Å². The van der Waals surface area contributed by atoms with Gasteiger partial charge in [-0.05, 0) is 65.7 Å². The number of phenols is 2. The van der Waals surface area contributed by atoms with E-state index in [-0.39, 0.29) is 50.8 Å². The standard InChI is InChI=1S/C26H26ClFO4/c1-13(2)6-9-17-23(30)18(10-7-14(3)4)26-21(24(17)31)22(29)15(5)25(32-26)16-8-11-19(27)20(28)12-16/h6-8,11-12,30-31H,9-10H2,1-5H3. The first-order valence-electron chi connectivity index (χ1n) is 10.3. The number of hydrogen-bond acceptors (Lipinski definition) is 4. The Bertz CT molecular complexity index is 1320. The van der Waals surface area contributed by atoms with E-state index in [4.69, 9.17) is 16.0 Å². The van der Waals surface area contributed by atoms with Crippen LogP contribution in [-0.2, 0) is 12.8 Å². The maximum absolute atomic E-state index is 14.1. The molecule has 0 fully saturated rings. The Hall–Kier alpha value is -3.05. The van der Waals surface area contributed by atoms with Gasteiger partial charge in [0.1, 0.15) is 34.0 Å². The van der Waals surface area contributed by atoms with Crippen LogP contribution in [0.2, 0.25) is 5.02 Å². The van der Waals surface area contributed by atoms with Crippen molar-refractivity contribution in [3.63, 3.8) is 0 Å². The summed E-state index contributed by atoms with van der Waals surface area (Å²) in [6, 6.07) is 4.14. The summed E-state index contributed by atoms with van der Waals surface area (Å²) in [4.78, 5) is 13.3. The molecule has 0 amide bonds. The molecule has 0 bridgehead atoms. The Balaban J connectivity index is 2.43. The van der Waals surface area contributed by atoms with E-state index in [1.807, 2.05) is 39.8 Å². The molecule has 0 saturated carbocycles. The van der Waals surface area contributed by atoms with Crippen LogP contribution < -0.4 is 5.43 Å². The van der Waals surface area contributed by atoms with E-state index in [0.29, 0.717) is 17.5 Å². The van der Waals surface area contributed by atoms with Gasteiger partial charge in [0.25, 0.3) is 0 Å². The fourth-order valence-corrected chi connectivity index (χ4v) is 3.63. The summed E-state index contributed by atoms with van der Waals surface area (Å²) < 4.78 is 20.2. The number of allylic oxidation sites excluding steroid dienone is 4. The van der Waals surface area contributed by atoms with Gasteiger partial charge in [-0.15, -0.1) is 0 Å². The van der Waals surface area contributed by atoms with Gasteiger partial charge in [0.05, 0.1) is 5.02 Å². The summed E-state index contributed by atoms with van der Waals surface area (Å²) in [7, 11) is 0. The fourth-order valence-electron chi connectivity index (χ4n) is 3.51. The molecule has 2 N–H and O–H groups in total. The molecule has 1 aromatic heterocycles. The van der Waals surface area contributed by atoms with E-state index in [0.717, 1.165) is 11.1 Å². The summed E-state index contributed by atoms with van der Waals surface area (Å²) in [6.07, 6.45) is 4.33. The Morgan fingerprint density at radius 1 is 1.03 bits per heavy atom. The quantitative estimate of drug-likeness (QED) is 0.406. The highest BCUT2D eigenvalue weighted by atomic mass is 35.5. The van der Waals surface area contributed by atoms with Gasteiger partial charge in [-0.1, -0.05) is 34.9 Å². The molecule has 0 aliphatic heterocycles. The molecular formula is C26H26ClFO4. The molecule has 0 unspecified atom stereocenters. The second kappa shape index (κ2) is 9.21. The lowest BCUT2D eigenvalue weighted by Gasteiger charge is -2.16. The lowest BCUT2D eigenvalue weighted by atomic mass is 9.95. The predicted octanol–water partition coefficient (Wildman–Crippen LogP) is 6.99. The minimum Gasteiger partial charge on any atom is -0.507 e. The van der Waals surface area contributed by atoms with Crippen LogP contribution in [0.5, 0.6) is 11.5 Å². The maximum Gasteiger partial charge on any atom is 0.200 e. The van der Waals surface area contributed by atoms with Crippen LogP contribution in [0.4, 0.5) is 4.39 Å². The predicted molar refractivity (Wildman–Crippen MR) is 127 cm³/mol. The minimum atomic E-state index is -0.640. The monoisotopic (exact) mass is 456 g/mol. The number of fused-ring (bicyclic) bond motifs is 1. The van der Waals surface area contributed by atoms with Gasteiger partial charge < -0.3 is 14.6 Å². The zero-order valence-electron chi connectivity index (χ0n) is 18.8. The Labute approximate surface area is 191 Å². The lowest BCUT2D eigenvalue weighted by molar-refractivity contribution is 0.438. The van der Waals surface area contributed by atoms with Crippen LogP contribution in [0.3, 0.4) is 0 Å². The highest BCUT2D eigenvalue weighted by Crippen LogP contribution is 2.41. The highest BCUT2D eigenvalue weighted by Gasteiger charge is 2.24. The van der Waals surface area contributed by atoms with E-state index < -0.39 is 11.2 Å². The van der Waals surface area contributed by atoms with Crippen molar-refractivity contribution in [3.8, 4) is 22.8 Å². The average molecular weight is 457 g/mol. The molecule has 3 aromatic rings. The SMILES string of the molecule is CC(C)=CCc1c(O)c(CC=C(C)C)c2oc(-c3ccc(Cl)c(F)c3)c(C)c(=O)c2c1O. The summed E-state index contributed by atoms with van der Waals surface area (Å²) in [6.45, 7) is 9.23. The third-order valence-electron chi connectivity index (χ3n) is 5.32. The van der Waals surface area contributed by atoms with E-state index in [2.05, 4.69) is 0 Å². The van der Waals surface area contributed by atoms with Gasteiger partial charge in [-0.2, -0.15) is 0 Å². The van der Waals surface area contributed by atoms with Gasteiger partial charge in [0, 0.05) is 22.3 Å². The molecule has 0 aliphatic rings. The molecule has 3 rings (SSSR count). The molecule has 0 saturated heterocycles. The number of benzene rings is 2. The molecule has 0 spiro atoms. The van der Waals surface area contributed by atoms with E-state index >= 15 is 0 Å². The molecule has 0 aliphatic carbocycles. The molecule has 4 nitrogen and oxygen atoms in total. The second-order valence-electron chi connectivity index (χ2n) is 8.34. The van der Waals surface area contributed by atoms with Crippen LogP contribution in [-0.4, -0.2) is 10.2 Å². The molecular weight excluding hydrogens is 431 g/mol. The second-order valence-corrected chi connectivity index (χ2v) is 8.75. The first-order chi connectivity index (χ1) is 15.0. The maximum atomic E-state index is 14.1. The highest BCUT2D eigenvalue weighted by molar-refractivity contribution is 6.30. The van der Waals surface area contributed by atoms with Crippen molar-refractivity contribution < 1.29 is 19.0 Å². The Morgan fingerprint density at radius 3 is 2.19 bits per heavy atom. The van der Waals surface area contributed by atoms with Crippen LogP contribution in [0.1, 0.15) is 44.4 Å². The Morgan fingerprint density at radius 2 is 1.62 bits per heavy atom. The van der Waals surface area contributed by atoms with E-state index in [1.165, 1.54) is 12.1 Å². The number of aromatic hydroxyl groups is 2. The molecule has 0 atom stereocenters. The van der Waals surface area contributed by atoms with Crippen molar-refractivity contribution in [1.29, 1.82) is 0 Å². The first-order valence-corrected chi connectivity index (χ1v) is 10.7. The zero-order chi connectivity index (χ0) is 23.7. The van der Waals surface area contributed by atoms with Crippen LogP contribution >= 0.6 is 11.6 Å². The first kappa shape index (κ1) is 23.6. The van der Waals surface area contributed by atoms with E-state index in [9.17, 15) is 19.4 Å². The van der Waals surface area contributed by atoms with E-state index in [1.54, 1.807) is 13.0 Å². The topological polar surface area (TPSA) is 70.7 Å². The zero-order valence-corrected chi connectivity index (χ0v) is 19.5. The molecule has 2 aromatic carbocycles. The van der Waals surface area contributed by atoms with Crippen molar-refractivity contribution >= 4 is 22.6 Å². The number of halogens is 2. The van der Waals surface area contributed by atoms with Crippen LogP contribution in [0.15, 0.2) is 50.7 Å². The average Bonchev–Trinajstić information content (AvgIpc) is 2.71. The van der Waals surface area contributed by atoms with Crippen LogP contribution in [0.25, 0.3) is 22.3 Å². The summed E-state index contributed by atoms with van der Waals surface area (Å²) in [5.74, 6) is -0.905. The summed E-state index contributed by atoms with van der Waals surface area (Å²) >= 11 is 5.80. The molecule has 32 heavy (non-hydrogen) atoms. The molecule has 6 heteroatoms. The van der Waals surface area contributed by atoms with Gasteiger partial charge in [-0.3, -0.25) is 4.79 Å². The smallest absolute Gasteiger partial charge is 0.200 e. The number of phenolic OH excluding ortho intramolecular Hbond substituents is 2. The van der Waals surface area contributed by atoms with Gasteiger partial charge >= 0.3 is 0 Å². The third-order valence-corrected chi connectivity index (χ3v) is 5.63. The lowest BCUT2D eigenvalue weighted by Crippen LogP contribution is -2.10. The molecule has 168 valence electrons. The minimum absolute atomic E-state index is 0.00722. The van der Waals surface area contributed by atoms with Gasteiger partial charge in [0.2, 0.25) is 0 Å².